The van der Waals surface area contributed by atoms with Gasteiger partial charge in [-0.2, -0.15) is 0 Å². The molecule has 6 nitrogen and oxygen atoms in total. The molecule has 1 unspecified atom stereocenters. The molecule has 0 spiro atoms. The number of thioether (sulfide) groups is 1. The van der Waals surface area contributed by atoms with E-state index in [0.717, 1.165) is 34.9 Å². The number of hydrogen-bond donors (Lipinski definition) is 1. The van der Waals surface area contributed by atoms with Gasteiger partial charge < -0.3 is 10.1 Å². The van der Waals surface area contributed by atoms with E-state index < -0.39 is 0 Å². The van der Waals surface area contributed by atoms with Gasteiger partial charge in [-0.3, -0.25) is 9.36 Å². The van der Waals surface area contributed by atoms with E-state index in [1.807, 2.05) is 53.1 Å². The molecule has 0 saturated carbocycles. The van der Waals surface area contributed by atoms with E-state index in [1.165, 1.54) is 22.9 Å². The summed E-state index contributed by atoms with van der Waals surface area (Å²) in [5.74, 6) is 2.12. The van der Waals surface area contributed by atoms with Gasteiger partial charge in [-0.25, -0.2) is 0 Å². The Bertz CT molecular complexity index is 1270. The van der Waals surface area contributed by atoms with E-state index in [4.69, 9.17) is 4.74 Å². The predicted molar refractivity (Wildman–Crippen MR) is 143 cm³/mol. The lowest BCUT2D eigenvalue weighted by molar-refractivity contribution is -0.113. The van der Waals surface area contributed by atoms with Crippen LogP contribution in [0.4, 0.5) is 5.69 Å². The van der Waals surface area contributed by atoms with Crippen molar-refractivity contribution in [1.82, 2.24) is 14.8 Å². The lowest BCUT2D eigenvalue weighted by atomic mass is 9.99. The second-order valence-corrected chi connectivity index (χ2v) is 9.42. The van der Waals surface area contributed by atoms with E-state index in [2.05, 4.69) is 60.6 Å². The lowest BCUT2D eigenvalue weighted by Crippen LogP contribution is -2.14. The Balaban J connectivity index is 1.53. The summed E-state index contributed by atoms with van der Waals surface area (Å²) in [5.41, 5.74) is 5.09. The van der Waals surface area contributed by atoms with Crippen LogP contribution in [-0.4, -0.2) is 33.5 Å². The molecule has 0 aliphatic heterocycles. The summed E-state index contributed by atoms with van der Waals surface area (Å²) in [4.78, 5) is 12.7. The molecule has 0 radical (unpaired) electrons. The van der Waals surface area contributed by atoms with Gasteiger partial charge in [0.1, 0.15) is 5.75 Å². The standard InChI is InChI=1S/C28H30N4O2S/c1-5-20(3)21-10-12-23(13-11-21)29-26(33)18-35-28-31-30-27(22-8-6-19(2)7-9-22)32(28)24-14-16-25(34-4)17-15-24/h6-17,20H,5,18H2,1-4H3,(H,29,33). The minimum absolute atomic E-state index is 0.0903. The Hall–Kier alpha value is -3.58. The maximum absolute atomic E-state index is 12.7. The molecule has 180 valence electrons. The highest BCUT2D eigenvalue weighted by Crippen LogP contribution is 2.29. The number of carbonyl (C=O) groups excluding carboxylic acids is 1. The third-order valence-corrected chi connectivity index (χ3v) is 6.91. The van der Waals surface area contributed by atoms with Crippen LogP contribution in [0.2, 0.25) is 0 Å². The molecule has 4 rings (SSSR count). The molecule has 0 saturated heterocycles. The smallest absolute Gasteiger partial charge is 0.234 e. The van der Waals surface area contributed by atoms with Crippen LogP contribution in [0.3, 0.4) is 0 Å². The topological polar surface area (TPSA) is 69.0 Å². The Morgan fingerprint density at radius 1 is 1.00 bits per heavy atom. The Morgan fingerprint density at radius 3 is 2.31 bits per heavy atom. The van der Waals surface area contributed by atoms with E-state index in [-0.39, 0.29) is 11.7 Å². The van der Waals surface area contributed by atoms with Crippen molar-refractivity contribution in [3.8, 4) is 22.8 Å². The first-order valence-corrected chi connectivity index (χ1v) is 12.7. The number of methoxy groups -OCH3 is 1. The molecule has 1 amide bonds. The molecule has 4 aromatic rings. The highest BCUT2D eigenvalue weighted by atomic mass is 32.2. The Kier molecular flexibility index (Phi) is 7.87. The van der Waals surface area contributed by atoms with Crippen LogP contribution >= 0.6 is 11.8 Å². The van der Waals surface area contributed by atoms with Gasteiger partial charge in [-0.15, -0.1) is 10.2 Å². The number of ether oxygens (including phenoxy) is 1. The highest BCUT2D eigenvalue weighted by Gasteiger charge is 2.17. The van der Waals surface area contributed by atoms with E-state index in [9.17, 15) is 4.79 Å². The maximum atomic E-state index is 12.7. The van der Waals surface area contributed by atoms with Crippen molar-refractivity contribution in [2.45, 2.75) is 38.3 Å². The number of aromatic nitrogens is 3. The molecule has 1 atom stereocenters. The second kappa shape index (κ2) is 11.2. The molecule has 0 bridgehead atoms. The fourth-order valence-corrected chi connectivity index (χ4v) is 4.43. The third kappa shape index (κ3) is 5.92. The summed E-state index contributed by atoms with van der Waals surface area (Å²) in [6.07, 6.45) is 1.09. The first-order chi connectivity index (χ1) is 17.0. The highest BCUT2D eigenvalue weighted by molar-refractivity contribution is 7.99. The third-order valence-electron chi connectivity index (χ3n) is 5.98. The molecule has 35 heavy (non-hydrogen) atoms. The number of nitrogens with zero attached hydrogens (tertiary/aromatic N) is 3. The maximum Gasteiger partial charge on any atom is 0.234 e. The van der Waals surface area contributed by atoms with Crippen LogP contribution in [0.15, 0.2) is 78.0 Å². The lowest BCUT2D eigenvalue weighted by Gasteiger charge is -2.12. The van der Waals surface area contributed by atoms with Crippen LogP contribution in [0.25, 0.3) is 17.1 Å². The summed E-state index contributed by atoms with van der Waals surface area (Å²) < 4.78 is 7.28. The average Bonchev–Trinajstić information content (AvgIpc) is 3.32. The van der Waals surface area contributed by atoms with Crippen molar-refractivity contribution in [3.63, 3.8) is 0 Å². The Morgan fingerprint density at radius 2 is 1.69 bits per heavy atom. The number of aryl methyl sites for hydroxylation is 1. The summed E-state index contributed by atoms with van der Waals surface area (Å²) in [5, 5.41) is 12.5. The van der Waals surface area contributed by atoms with Crippen LogP contribution in [0.1, 0.15) is 37.3 Å². The number of anilines is 1. The summed E-state index contributed by atoms with van der Waals surface area (Å²) in [6.45, 7) is 6.43. The number of carbonyl (C=O) groups is 1. The van der Waals surface area contributed by atoms with E-state index >= 15 is 0 Å². The quantitative estimate of drug-likeness (QED) is 0.274. The number of nitrogens with one attached hydrogen (secondary N) is 1. The molecule has 1 N–H and O–H groups in total. The Labute approximate surface area is 210 Å². The zero-order chi connectivity index (χ0) is 24.8. The van der Waals surface area contributed by atoms with Crippen molar-refractivity contribution in [1.29, 1.82) is 0 Å². The van der Waals surface area contributed by atoms with Gasteiger partial charge in [0, 0.05) is 16.9 Å². The molecule has 0 fully saturated rings. The molecular formula is C28H30N4O2S. The predicted octanol–water partition coefficient (Wildman–Crippen LogP) is 6.50. The van der Waals surface area contributed by atoms with Gasteiger partial charge in [0.2, 0.25) is 5.91 Å². The van der Waals surface area contributed by atoms with Gasteiger partial charge in [0.15, 0.2) is 11.0 Å². The molecule has 0 aliphatic rings. The van der Waals surface area contributed by atoms with Gasteiger partial charge in [0.25, 0.3) is 0 Å². The molecular weight excluding hydrogens is 456 g/mol. The van der Waals surface area contributed by atoms with Crippen molar-refractivity contribution < 1.29 is 9.53 Å². The number of benzene rings is 3. The fraction of sp³-hybridized carbons (Fsp3) is 0.250. The van der Waals surface area contributed by atoms with Crippen LogP contribution in [-0.2, 0) is 4.79 Å². The molecule has 3 aromatic carbocycles. The van der Waals surface area contributed by atoms with Gasteiger partial charge >= 0.3 is 0 Å². The molecule has 1 heterocycles. The summed E-state index contributed by atoms with van der Waals surface area (Å²) >= 11 is 1.36. The minimum Gasteiger partial charge on any atom is -0.497 e. The first kappa shape index (κ1) is 24.5. The number of hydrogen-bond acceptors (Lipinski definition) is 5. The van der Waals surface area contributed by atoms with Crippen molar-refractivity contribution in [2.24, 2.45) is 0 Å². The van der Waals surface area contributed by atoms with Crippen LogP contribution in [0, 0.1) is 6.92 Å². The molecule has 0 aliphatic carbocycles. The van der Waals surface area contributed by atoms with Crippen molar-refractivity contribution in [2.75, 3.05) is 18.2 Å². The van der Waals surface area contributed by atoms with E-state index in [0.29, 0.717) is 11.1 Å². The minimum atomic E-state index is -0.0903. The van der Waals surface area contributed by atoms with Gasteiger partial charge in [0.05, 0.1) is 12.9 Å². The summed E-state index contributed by atoms with van der Waals surface area (Å²) in [7, 11) is 1.64. The second-order valence-electron chi connectivity index (χ2n) is 8.47. The van der Waals surface area contributed by atoms with Crippen molar-refractivity contribution >= 4 is 23.4 Å². The monoisotopic (exact) mass is 486 g/mol. The number of amides is 1. The number of rotatable bonds is 9. The van der Waals surface area contributed by atoms with E-state index in [1.54, 1.807) is 7.11 Å². The largest absolute Gasteiger partial charge is 0.497 e. The first-order valence-electron chi connectivity index (χ1n) is 11.7. The molecule has 7 heteroatoms. The average molecular weight is 487 g/mol. The molecule has 1 aromatic heterocycles. The normalized spacial score (nSPS) is 11.8. The van der Waals surface area contributed by atoms with Crippen LogP contribution < -0.4 is 10.1 Å². The fourth-order valence-electron chi connectivity index (χ4n) is 3.67. The zero-order valence-corrected chi connectivity index (χ0v) is 21.3. The van der Waals surface area contributed by atoms with Gasteiger partial charge in [-0.1, -0.05) is 67.6 Å². The SMILES string of the molecule is CCC(C)c1ccc(NC(=O)CSc2nnc(-c3ccc(C)cc3)n2-c2ccc(OC)cc2)cc1. The van der Waals surface area contributed by atoms with Crippen LogP contribution in [0.5, 0.6) is 5.75 Å². The summed E-state index contributed by atoms with van der Waals surface area (Å²) in [6, 6.07) is 24.0. The van der Waals surface area contributed by atoms with Crippen molar-refractivity contribution in [3.05, 3.63) is 83.9 Å². The zero-order valence-electron chi connectivity index (χ0n) is 20.5. The van der Waals surface area contributed by atoms with Gasteiger partial charge in [-0.05, 0) is 61.2 Å².